The van der Waals surface area contributed by atoms with Gasteiger partial charge in [0.25, 0.3) is 0 Å². The van der Waals surface area contributed by atoms with E-state index in [1.165, 1.54) is 77.9 Å². The third kappa shape index (κ3) is 8.64. The lowest BCUT2D eigenvalue weighted by Gasteiger charge is -2.47. The van der Waals surface area contributed by atoms with Crippen molar-refractivity contribution >= 4 is 51.2 Å². The fourth-order valence-corrected chi connectivity index (χ4v) is 11.4. The van der Waals surface area contributed by atoms with Crippen molar-refractivity contribution in [2.45, 2.75) is 47.0 Å². The molecule has 3 heteroatoms. The molecule has 11 aromatic carbocycles. The minimum Gasteiger partial charge on any atom is -0.310 e. The van der Waals surface area contributed by atoms with E-state index in [9.17, 15) is 0 Å². The van der Waals surface area contributed by atoms with Crippen molar-refractivity contribution in [1.29, 1.82) is 0 Å². The van der Waals surface area contributed by atoms with Gasteiger partial charge in [-0.3, -0.25) is 0 Å². The maximum absolute atomic E-state index is 2.46. The minimum absolute atomic E-state index is 0.721. The summed E-state index contributed by atoms with van der Waals surface area (Å²) in [7, 11) is 0. The molecule has 0 fully saturated rings. The number of rotatable bonds is 11. The van der Waals surface area contributed by atoms with Gasteiger partial charge in [-0.25, -0.2) is 0 Å². The summed E-state index contributed by atoms with van der Waals surface area (Å²) in [5, 5.41) is 0. The highest BCUT2D eigenvalue weighted by molar-refractivity contribution is 5.91. The maximum atomic E-state index is 2.46. The first-order chi connectivity index (χ1) is 37.1. The van der Waals surface area contributed by atoms with E-state index < -0.39 is 5.41 Å². The van der Waals surface area contributed by atoms with E-state index in [-0.39, 0.29) is 0 Å². The number of fused-ring (bicyclic) bond motifs is 2. The molecule has 12 rings (SSSR count). The van der Waals surface area contributed by atoms with Gasteiger partial charge >= 0.3 is 0 Å². The predicted molar refractivity (Wildman–Crippen MR) is 322 cm³/mol. The number of aryl methyl sites for hydroxylation is 6. The molecule has 0 saturated carbocycles. The van der Waals surface area contributed by atoms with Crippen LogP contribution < -0.4 is 14.7 Å². The van der Waals surface area contributed by atoms with Gasteiger partial charge in [0.15, 0.2) is 0 Å². The summed E-state index contributed by atoms with van der Waals surface area (Å²) >= 11 is 0. The molecule has 1 aliphatic rings. The lowest BCUT2D eigenvalue weighted by Crippen LogP contribution is -2.38. The lowest BCUT2D eigenvalue weighted by atomic mass is 9.62. The molecular formula is C73H61N3. The zero-order valence-corrected chi connectivity index (χ0v) is 44.2. The second kappa shape index (κ2) is 19.9. The van der Waals surface area contributed by atoms with Gasteiger partial charge in [-0.15, -0.1) is 0 Å². The molecule has 0 unspecified atom stereocenters. The molecule has 0 bridgehead atoms. The van der Waals surface area contributed by atoms with Crippen molar-refractivity contribution in [3.8, 4) is 22.3 Å². The fourth-order valence-electron chi connectivity index (χ4n) is 11.4. The monoisotopic (exact) mass is 979 g/mol. The molecule has 0 spiro atoms. The number of anilines is 9. The van der Waals surface area contributed by atoms with Crippen LogP contribution in [0.15, 0.2) is 261 Å². The molecule has 0 amide bonds. The Balaban J connectivity index is 1.05. The molecular weight excluding hydrogens is 919 g/mol. The van der Waals surface area contributed by atoms with Crippen molar-refractivity contribution in [2.24, 2.45) is 0 Å². The van der Waals surface area contributed by atoms with Gasteiger partial charge < -0.3 is 14.7 Å². The SMILES string of the molecule is Cc1ccc(N2c3ccccc3C(c3ccc(N(c4ccc(-c5ccccc5)cc4)c4ccc(C)c(C)c4)cc3)(c3ccc(N(c4ccc(-c5ccccc5)cc4)c4ccc(C)c(C)c4)cc3)c3cc(C)ccc32)cc1. The average Bonchev–Trinajstić information content (AvgIpc) is 3.66. The maximum Gasteiger partial charge on any atom is 0.0742 e. The summed E-state index contributed by atoms with van der Waals surface area (Å²) in [6.07, 6.45) is 0. The van der Waals surface area contributed by atoms with Crippen LogP contribution in [0.4, 0.5) is 51.2 Å². The zero-order valence-electron chi connectivity index (χ0n) is 44.2. The molecule has 0 saturated heterocycles. The predicted octanol–water partition coefficient (Wildman–Crippen LogP) is 20.0. The molecule has 3 nitrogen and oxygen atoms in total. The molecule has 368 valence electrons. The van der Waals surface area contributed by atoms with Gasteiger partial charge in [0.05, 0.1) is 16.8 Å². The number of hydrogen-bond acceptors (Lipinski definition) is 3. The van der Waals surface area contributed by atoms with Crippen LogP contribution in [0.1, 0.15) is 55.6 Å². The van der Waals surface area contributed by atoms with E-state index >= 15 is 0 Å². The summed E-state index contributed by atoms with van der Waals surface area (Å²) in [6, 6.07) is 96.7. The van der Waals surface area contributed by atoms with Crippen LogP contribution in [0.3, 0.4) is 0 Å². The van der Waals surface area contributed by atoms with Crippen LogP contribution in [0.2, 0.25) is 0 Å². The van der Waals surface area contributed by atoms with Gasteiger partial charge in [-0.1, -0.05) is 175 Å². The normalized spacial score (nSPS) is 12.4. The van der Waals surface area contributed by atoms with Crippen molar-refractivity contribution in [3.63, 3.8) is 0 Å². The Kier molecular flexibility index (Phi) is 12.5. The Labute approximate surface area is 449 Å². The quantitative estimate of drug-likeness (QED) is 0.128. The first-order valence-corrected chi connectivity index (χ1v) is 26.5. The van der Waals surface area contributed by atoms with Crippen molar-refractivity contribution < 1.29 is 0 Å². The van der Waals surface area contributed by atoms with Crippen LogP contribution in [0.5, 0.6) is 0 Å². The molecule has 0 radical (unpaired) electrons. The van der Waals surface area contributed by atoms with Gasteiger partial charge in [-0.2, -0.15) is 0 Å². The Hall–Kier alpha value is -9.18. The largest absolute Gasteiger partial charge is 0.310 e. The molecule has 0 N–H and O–H groups in total. The van der Waals surface area contributed by atoms with E-state index in [0.29, 0.717) is 0 Å². The Morgan fingerprint density at radius 3 is 1.12 bits per heavy atom. The smallest absolute Gasteiger partial charge is 0.0742 e. The highest BCUT2D eigenvalue weighted by Crippen LogP contribution is 2.58. The van der Waals surface area contributed by atoms with E-state index in [4.69, 9.17) is 0 Å². The van der Waals surface area contributed by atoms with Crippen molar-refractivity contribution in [3.05, 3.63) is 316 Å². The van der Waals surface area contributed by atoms with Crippen LogP contribution in [0.25, 0.3) is 22.3 Å². The molecule has 1 heterocycles. The molecule has 76 heavy (non-hydrogen) atoms. The second-order valence-corrected chi connectivity index (χ2v) is 20.6. The molecule has 1 aliphatic heterocycles. The average molecular weight is 980 g/mol. The fraction of sp³-hybridized carbons (Fsp3) is 0.0959. The van der Waals surface area contributed by atoms with Crippen molar-refractivity contribution in [2.75, 3.05) is 14.7 Å². The topological polar surface area (TPSA) is 9.72 Å². The highest BCUT2D eigenvalue weighted by atomic mass is 15.2. The molecule has 11 aromatic rings. The van der Waals surface area contributed by atoms with Crippen LogP contribution in [0, 0.1) is 41.5 Å². The molecule has 0 aliphatic carbocycles. The molecule has 0 atom stereocenters. The summed E-state index contributed by atoms with van der Waals surface area (Å²) in [4.78, 5) is 7.25. The van der Waals surface area contributed by atoms with Crippen LogP contribution in [-0.2, 0) is 5.41 Å². The summed E-state index contributed by atoms with van der Waals surface area (Å²) in [6.45, 7) is 13.2. The first kappa shape index (κ1) is 47.8. The zero-order chi connectivity index (χ0) is 51.9. The third-order valence-electron chi connectivity index (χ3n) is 15.7. The van der Waals surface area contributed by atoms with Crippen LogP contribution in [-0.4, -0.2) is 0 Å². The summed E-state index contributed by atoms with van der Waals surface area (Å²) < 4.78 is 0. The lowest BCUT2D eigenvalue weighted by molar-refractivity contribution is 0.730. The van der Waals surface area contributed by atoms with E-state index in [1.807, 2.05) is 0 Å². The number of hydrogen-bond donors (Lipinski definition) is 0. The summed E-state index contributed by atoms with van der Waals surface area (Å²) in [5.41, 5.74) is 26.4. The van der Waals surface area contributed by atoms with Gasteiger partial charge in [-0.05, 0) is 205 Å². The second-order valence-electron chi connectivity index (χ2n) is 20.6. The van der Waals surface area contributed by atoms with E-state index in [0.717, 1.165) is 51.2 Å². The third-order valence-corrected chi connectivity index (χ3v) is 15.7. The number of nitrogens with zero attached hydrogens (tertiary/aromatic N) is 3. The molecule has 0 aromatic heterocycles. The summed E-state index contributed by atoms with van der Waals surface area (Å²) in [5.74, 6) is 0. The number of benzene rings is 11. The van der Waals surface area contributed by atoms with Gasteiger partial charge in [0.1, 0.15) is 0 Å². The standard InChI is InChI=1S/C73H61N3/c1-50-21-34-66(35-22-50)76-71-20-14-13-19-69(71)73(70-47-51(2)23-46-72(70)76,60-30-42-64(43-31-60)74(67-36-24-52(3)54(5)48-67)62-38-26-58(27-39-62)56-15-9-7-10-16-56)61-32-44-65(45-33-61)75(68-37-25-53(4)55(6)49-68)63-40-28-59(29-41-63)57-17-11-8-12-18-57/h7-49H,1-6H3. The van der Waals surface area contributed by atoms with E-state index in [2.05, 4.69) is 317 Å². The van der Waals surface area contributed by atoms with Crippen molar-refractivity contribution in [1.82, 2.24) is 0 Å². The minimum atomic E-state index is -0.721. The Bertz CT molecular complexity index is 3660. The van der Waals surface area contributed by atoms with Gasteiger partial charge in [0, 0.05) is 39.8 Å². The van der Waals surface area contributed by atoms with E-state index in [1.54, 1.807) is 0 Å². The Morgan fingerprint density at radius 2 is 0.658 bits per heavy atom. The number of para-hydroxylation sites is 1. The van der Waals surface area contributed by atoms with Gasteiger partial charge in [0.2, 0.25) is 0 Å². The first-order valence-electron chi connectivity index (χ1n) is 26.5. The highest BCUT2D eigenvalue weighted by Gasteiger charge is 2.46. The van der Waals surface area contributed by atoms with Crippen LogP contribution >= 0.6 is 0 Å². The Morgan fingerprint density at radius 1 is 0.276 bits per heavy atom.